The minimum atomic E-state index is -3.28. The van der Waals surface area contributed by atoms with Gasteiger partial charge >= 0.3 is 0 Å². The van der Waals surface area contributed by atoms with Crippen LogP contribution in [0.2, 0.25) is 23.7 Å². The maximum Gasteiger partial charge on any atom is 0.269 e. The zero-order valence-corrected chi connectivity index (χ0v) is 24.9. The summed E-state index contributed by atoms with van der Waals surface area (Å²) < 4.78 is 27.8. The fourth-order valence-electron chi connectivity index (χ4n) is 6.89. The van der Waals surface area contributed by atoms with Crippen LogP contribution in [0.1, 0.15) is 24.5 Å². The van der Waals surface area contributed by atoms with Crippen molar-refractivity contribution in [1.29, 1.82) is 0 Å². The first-order valence-electron chi connectivity index (χ1n) is 13.8. The normalized spacial score (nSPS) is 25.5. The molecular weight excluding hydrogens is 563 g/mol. The van der Waals surface area contributed by atoms with Gasteiger partial charge in [0.2, 0.25) is 8.41 Å². The number of benzene rings is 3. The first-order valence-corrected chi connectivity index (χ1v) is 17.1. The van der Waals surface area contributed by atoms with E-state index >= 15 is 4.11 Å². The van der Waals surface area contributed by atoms with Crippen LogP contribution in [0.4, 0.5) is 21.2 Å². The number of fused-ring (bicyclic) bond motifs is 3. The van der Waals surface area contributed by atoms with Gasteiger partial charge in [0.05, 0.1) is 24.0 Å². The SMILES string of the molecule is C[C@H]1[C@H]([Si](C)(C)F)[C@@H](CCO)O[C@]12C(=O)N(Cc1ccc(N3C(=O)COc4ccccc43)cc1)c1ccc(Cl)cc12. The van der Waals surface area contributed by atoms with Crippen LogP contribution in [-0.4, -0.2) is 44.6 Å². The van der Waals surface area contributed by atoms with Crippen molar-refractivity contribution in [3.63, 3.8) is 0 Å². The molecule has 0 radical (unpaired) electrons. The Hall–Kier alpha value is -3.24. The number of hydrogen-bond acceptors (Lipinski definition) is 5. The van der Waals surface area contributed by atoms with Crippen molar-refractivity contribution in [3.8, 4) is 5.75 Å². The quantitative estimate of drug-likeness (QED) is 0.275. The molecule has 41 heavy (non-hydrogen) atoms. The lowest BCUT2D eigenvalue weighted by molar-refractivity contribution is -0.146. The highest BCUT2D eigenvalue weighted by atomic mass is 35.5. The fourth-order valence-corrected chi connectivity index (χ4v) is 9.61. The van der Waals surface area contributed by atoms with Gasteiger partial charge in [-0.15, -0.1) is 0 Å². The van der Waals surface area contributed by atoms with Crippen LogP contribution in [0.25, 0.3) is 0 Å². The number of hydrogen-bond donors (Lipinski definition) is 1. The molecule has 0 saturated carbocycles. The lowest BCUT2D eigenvalue weighted by Gasteiger charge is -2.31. The Balaban J connectivity index is 1.34. The number of carbonyl (C=O) groups is 2. The summed E-state index contributed by atoms with van der Waals surface area (Å²) in [6.07, 6.45) is -0.323. The van der Waals surface area contributed by atoms with Crippen LogP contribution in [0, 0.1) is 5.92 Å². The first kappa shape index (κ1) is 27.9. The number of ether oxygens (including phenoxy) is 2. The van der Waals surface area contributed by atoms with Crippen molar-refractivity contribution in [2.24, 2.45) is 5.92 Å². The van der Waals surface area contributed by atoms with Crippen LogP contribution in [0.3, 0.4) is 0 Å². The van der Waals surface area contributed by atoms with E-state index in [-0.39, 0.29) is 38.0 Å². The van der Waals surface area contributed by atoms with Crippen molar-refractivity contribution in [1.82, 2.24) is 0 Å². The minimum Gasteiger partial charge on any atom is -0.482 e. The molecule has 1 spiro atoms. The molecule has 3 heterocycles. The average molecular weight is 595 g/mol. The Labute approximate surface area is 244 Å². The Kier molecular flexibility index (Phi) is 6.97. The molecule has 0 bridgehead atoms. The molecule has 2 amide bonds. The van der Waals surface area contributed by atoms with Gasteiger partial charge in [-0.05, 0) is 67.5 Å². The molecule has 3 aliphatic rings. The van der Waals surface area contributed by atoms with E-state index in [2.05, 4.69) is 0 Å². The fraction of sp³-hybridized carbons (Fsp3) is 0.355. The monoisotopic (exact) mass is 594 g/mol. The molecular formula is C31H32ClFN2O5Si. The van der Waals surface area contributed by atoms with Crippen LogP contribution >= 0.6 is 11.6 Å². The van der Waals surface area contributed by atoms with Gasteiger partial charge in [-0.3, -0.25) is 14.5 Å². The number of aliphatic hydroxyl groups excluding tert-OH is 1. The van der Waals surface area contributed by atoms with E-state index in [1.165, 1.54) is 0 Å². The molecule has 0 aromatic heterocycles. The van der Waals surface area contributed by atoms with Crippen molar-refractivity contribution in [3.05, 3.63) is 82.9 Å². The van der Waals surface area contributed by atoms with Crippen molar-refractivity contribution in [2.75, 3.05) is 23.0 Å². The lowest BCUT2D eigenvalue weighted by atomic mass is 9.82. The molecule has 0 aliphatic carbocycles. The van der Waals surface area contributed by atoms with Gasteiger partial charge < -0.3 is 23.6 Å². The highest BCUT2D eigenvalue weighted by Crippen LogP contribution is 2.60. The third kappa shape index (κ3) is 4.46. The molecule has 4 atom stereocenters. The summed E-state index contributed by atoms with van der Waals surface area (Å²) in [5, 5.41) is 10.2. The summed E-state index contributed by atoms with van der Waals surface area (Å²) in [4.78, 5) is 30.4. The standard InChI is InChI=1S/C31H32ClFN2O5Si/c1-19-29(41(2,3)33)27(14-15-36)40-31(19)23-16-21(32)10-13-24(23)34(30(31)38)17-20-8-11-22(12-9-20)35-25-6-4-5-7-26(25)39-18-28(35)37/h4-13,16,19,27,29,36H,14-15,17-18H2,1-3H3/t19-,27+,29-,31+/m0/s1. The summed E-state index contributed by atoms with van der Waals surface area (Å²) in [6, 6.07) is 20.2. The van der Waals surface area contributed by atoms with E-state index in [4.69, 9.17) is 21.1 Å². The molecule has 1 saturated heterocycles. The zero-order valence-electron chi connectivity index (χ0n) is 23.1. The second kappa shape index (κ2) is 10.2. The summed E-state index contributed by atoms with van der Waals surface area (Å²) in [7, 11) is -3.28. The Morgan fingerprint density at radius 1 is 1.07 bits per heavy atom. The molecule has 1 N–H and O–H groups in total. The largest absolute Gasteiger partial charge is 0.482 e. The number of anilines is 3. The number of nitrogens with zero attached hydrogens (tertiary/aromatic N) is 2. The van der Waals surface area contributed by atoms with Gasteiger partial charge in [0.1, 0.15) is 5.75 Å². The Morgan fingerprint density at radius 3 is 2.51 bits per heavy atom. The number of halogens is 2. The second-order valence-corrected chi connectivity index (χ2v) is 15.7. The number of para-hydroxylation sites is 2. The molecule has 10 heteroatoms. The van der Waals surface area contributed by atoms with E-state index in [1.54, 1.807) is 35.0 Å². The summed E-state index contributed by atoms with van der Waals surface area (Å²) in [6.45, 7) is 5.21. The van der Waals surface area contributed by atoms with E-state index in [9.17, 15) is 14.7 Å². The highest BCUT2D eigenvalue weighted by molar-refractivity contribution is 6.72. The Bertz CT molecular complexity index is 1510. The molecule has 3 aromatic carbocycles. The van der Waals surface area contributed by atoms with E-state index in [1.807, 2.05) is 61.5 Å². The lowest BCUT2D eigenvalue weighted by Crippen LogP contribution is -2.45. The van der Waals surface area contributed by atoms with E-state index < -0.39 is 31.6 Å². The van der Waals surface area contributed by atoms with Gasteiger partial charge in [-0.2, -0.15) is 0 Å². The van der Waals surface area contributed by atoms with Crippen LogP contribution < -0.4 is 14.5 Å². The number of carbonyl (C=O) groups excluding carboxylic acids is 2. The van der Waals surface area contributed by atoms with Crippen molar-refractivity contribution < 1.29 is 28.3 Å². The highest BCUT2D eigenvalue weighted by Gasteiger charge is 2.66. The average Bonchev–Trinajstić information content (AvgIpc) is 3.36. The van der Waals surface area contributed by atoms with Gasteiger partial charge in [-0.1, -0.05) is 42.8 Å². The predicted molar refractivity (Wildman–Crippen MR) is 158 cm³/mol. The summed E-state index contributed by atoms with van der Waals surface area (Å²) in [5.74, 6) is -0.234. The molecule has 3 aromatic rings. The molecule has 3 aliphatic heterocycles. The molecule has 214 valence electrons. The van der Waals surface area contributed by atoms with Gasteiger partial charge in [0, 0.05) is 34.3 Å². The maximum atomic E-state index is 15.7. The first-order chi connectivity index (χ1) is 19.6. The topological polar surface area (TPSA) is 79.3 Å². The smallest absolute Gasteiger partial charge is 0.269 e. The predicted octanol–water partition coefficient (Wildman–Crippen LogP) is 6.10. The van der Waals surface area contributed by atoms with Gasteiger partial charge in [0.25, 0.3) is 11.8 Å². The number of amides is 2. The van der Waals surface area contributed by atoms with Gasteiger partial charge in [0.15, 0.2) is 12.2 Å². The third-order valence-electron chi connectivity index (χ3n) is 8.58. The summed E-state index contributed by atoms with van der Waals surface area (Å²) in [5.41, 5.74) is 1.68. The second-order valence-electron chi connectivity index (χ2n) is 11.5. The molecule has 7 nitrogen and oxygen atoms in total. The zero-order chi connectivity index (χ0) is 29.1. The van der Waals surface area contributed by atoms with Crippen LogP contribution in [0.5, 0.6) is 5.75 Å². The minimum absolute atomic E-state index is 0.0442. The van der Waals surface area contributed by atoms with E-state index in [0.29, 0.717) is 33.4 Å². The molecule has 1 fully saturated rings. The molecule has 0 unspecified atom stereocenters. The summed E-state index contributed by atoms with van der Waals surface area (Å²) >= 11 is 6.42. The maximum absolute atomic E-state index is 15.7. The van der Waals surface area contributed by atoms with Gasteiger partial charge in [-0.25, -0.2) is 0 Å². The third-order valence-corrected chi connectivity index (χ3v) is 11.3. The van der Waals surface area contributed by atoms with Crippen molar-refractivity contribution >= 4 is 48.9 Å². The number of rotatable bonds is 6. The number of aliphatic hydroxyl groups is 1. The molecule has 6 rings (SSSR count). The van der Waals surface area contributed by atoms with Crippen LogP contribution in [0.15, 0.2) is 66.7 Å². The Morgan fingerprint density at radius 2 is 1.80 bits per heavy atom. The van der Waals surface area contributed by atoms with Crippen molar-refractivity contribution in [2.45, 2.75) is 50.2 Å². The van der Waals surface area contributed by atoms with E-state index in [0.717, 1.165) is 5.56 Å². The van der Waals surface area contributed by atoms with Crippen LogP contribution in [-0.2, 0) is 26.5 Å².